The Labute approximate surface area is 130 Å². The predicted molar refractivity (Wildman–Crippen MR) is 86.2 cm³/mol. The van der Waals surface area contributed by atoms with Crippen molar-refractivity contribution in [3.63, 3.8) is 0 Å². The summed E-state index contributed by atoms with van der Waals surface area (Å²) in [4.78, 5) is 14.9. The summed E-state index contributed by atoms with van der Waals surface area (Å²) in [6.45, 7) is 7.38. The summed E-state index contributed by atoms with van der Waals surface area (Å²) in [5.41, 5.74) is 0. The summed E-state index contributed by atoms with van der Waals surface area (Å²) in [5, 5.41) is 0. The molecule has 0 aromatic heterocycles. The first-order valence-electron chi connectivity index (χ1n) is 9.13. The molecule has 3 heteroatoms. The molecule has 2 atom stereocenters. The molecule has 0 bridgehead atoms. The summed E-state index contributed by atoms with van der Waals surface area (Å²) in [7, 11) is 0. The van der Waals surface area contributed by atoms with Gasteiger partial charge in [-0.25, -0.2) is 0 Å². The molecule has 0 amide bonds. The fraction of sp³-hybridized carbons (Fsp3) is 0.944. The molecule has 0 aromatic rings. The molecule has 1 aliphatic carbocycles. The summed E-state index contributed by atoms with van der Waals surface area (Å²) in [6.07, 6.45) is 10.8. The number of hydrogen-bond acceptors (Lipinski definition) is 3. The van der Waals surface area contributed by atoms with Gasteiger partial charge >= 0.3 is 5.97 Å². The number of likely N-dealkylation sites (tertiary alicyclic amines) is 1. The average molecular weight is 295 g/mol. The first-order valence-corrected chi connectivity index (χ1v) is 9.13. The first-order chi connectivity index (χ1) is 10.2. The molecule has 3 nitrogen and oxygen atoms in total. The number of esters is 1. The quantitative estimate of drug-likeness (QED) is 0.500. The van der Waals surface area contributed by atoms with E-state index in [1.54, 1.807) is 0 Å². The van der Waals surface area contributed by atoms with Crippen molar-refractivity contribution in [2.45, 2.75) is 77.7 Å². The van der Waals surface area contributed by atoms with Gasteiger partial charge in [-0.05, 0) is 57.9 Å². The normalized spacial score (nSPS) is 25.3. The van der Waals surface area contributed by atoms with Crippen LogP contribution in [0.5, 0.6) is 0 Å². The van der Waals surface area contributed by atoms with Crippen LogP contribution in [-0.2, 0) is 9.53 Å². The summed E-state index contributed by atoms with van der Waals surface area (Å²) in [6, 6.07) is 0.715. The fourth-order valence-electron chi connectivity index (χ4n) is 4.09. The highest BCUT2D eigenvalue weighted by molar-refractivity contribution is 5.72. The lowest BCUT2D eigenvalue weighted by Gasteiger charge is -2.23. The third-order valence-electron chi connectivity index (χ3n) is 5.40. The summed E-state index contributed by atoms with van der Waals surface area (Å²) < 4.78 is 5.60. The van der Waals surface area contributed by atoms with Gasteiger partial charge < -0.3 is 9.64 Å². The van der Waals surface area contributed by atoms with Gasteiger partial charge in [-0.15, -0.1) is 0 Å². The van der Waals surface area contributed by atoms with Crippen LogP contribution in [0, 0.1) is 11.8 Å². The monoisotopic (exact) mass is 295 g/mol. The minimum atomic E-state index is 0.0817. The molecule has 1 heterocycles. The lowest BCUT2D eigenvalue weighted by atomic mass is 9.87. The van der Waals surface area contributed by atoms with Crippen LogP contribution < -0.4 is 0 Å². The Morgan fingerprint density at radius 3 is 2.62 bits per heavy atom. The zero-order valence-corrected chi connectivity index (χ0v) is 14.0. The van der Waals surface area contributed by atoms with Crippen molar-refractivity contribution in [3.05, 3.63) is 0 Å². The Hall–Kier alpha value is -0.570. The first kappa shape index (κ1) is 16.8. The Morgan fingerprint density at radius 2 is 2.00 bits per heavy atom. The van der Waals surface area contributed by atoms with E-state index < -0.39 is 0 Å². The molecule has 0 radical (unpaired) electrons. The van der Waals surface area contributed by atoms with E-state index in [1.165, 1.54) is 45.1 Å². The van der Waals surface area contributed by atoms with E-state index in [2.05, 4.69) is 18.7 Å². The highest BCUT2D eigenvalue weighted by Crippen LogP contribution is 2.34. The average Bonchev–Trinajstić information content (AvgIpc) is 3.13. The maximum atomic E-state index is 12.3. The summed E-state index contributed by atoms with van der Waals surface area (Å²) in [5.74, 6) is 0.845. The van der Waals surface area contributed by atoms with Gasteiger partial charge in [0.25, 0.3) is 0 Å². The van der Waals surface area contributed by atoms with Crippen LogP contribution in [0.3, 0.4) is 0 Å². The van der Waals surface area contributed by atoms with Gasteiger partial charge in [-0.3, -0.25) is 4.79 Å². The Kier molecular flexibility index (Phi) is 7.01. The fourth-order valence-corrected chi connectivity index (χ4v) is 4.09. The second-order valence-corrected chi connectivity index (χ2v) is 6.99. The zero-order chi connectivity index (χ0) is 15.1. The number of nitrogens with zero attached hydrogens (tertiary/aromatic N) is 1. The minimum absolute atomic E-state index is 0.0817. The Bertz CT molecular complexity index is 312. The van der Waals surface area contributed by atoms with Crippen molar-refractivity contribution in [1.82, 2.24) is 4.90 Å². The third kappa shape index (κ3) is 4.98. The minimum Gasteiger partial charge on any atom is -0.465 e. The van der Waals surface area contributed by atoms with Crippen molar-refractivity contribution in [2.75, 3.05) is 19.7 Å². The number of rotatable bonds is 8. The molecular weight excluding hydrogens is 262 g/mol. The lowest BCUT2D eigenvalue weighted by molar-refractivity contribution is -0.151. The van der Waals surface area contributed by atoms with Crippen molar-refractivity contribution >= 4 is 5.97 Å². The van der Waals surface area contributed by atoms with Gasteiger partial charge in [-0.1, -0.05) is 26.2 Å². The molecule has 122 valence electrons. The van der Waals surface area contributed by atoms with E-state index in [4.69, 9.17) is 4.74 Å². The molecule has 1 saturated carbocycles. The molecule has 2 aliphatic rings. The smallest absolute Gasteiger partial charge is 0.309 e. The maximum Gasteiger partial charge on any atom is 0.309 e. The van der Waals surface area contributed by atoms with E-state index in [0.29, 0.717) is 18.6 Å². The molecule has 0 spiro atoms. The Balaban J connectivity index is 1.66. The zero-order valence-electron chi connectivity index (χ0n) is 14.0. The topological polar surface area (TPSA) is 29.5 Å². The summed E-state index contributed by atoms with van der Waals surface area (Å²) >= 11 is 0. The number of carbonyl (C=O) groups excluding carboxylic acids is 1. The highest BCUT2D eigenvalue weighted by atomic mass is 16.5. The number of hydrogen-bond donors (Lipinski definition) is 0. The van der Waals surface area contributed by atoms with Crippen molar-refractivity contribution in [1.29, 1.82) is 0 Å². The van der Waals surface area contributed by atoms with Crippen molar-refractivity contribution < 1.29 is 9.53 Å². The van der Waals surface area contributed by atoms with Crippen molar-refractivity contribution in [2.24, 2.45) is 11.8 Å². The van der Waals surface area contributed by atoms with E-state index >= 15 is 0 Å². The lowest BCUT2D eigenvalue weighted by Crippen LogP contribution is -2.29. The standard InChI is InChI=1S/C18H33NO2/c1-3-8-17(16-10-4-5-11-16)18(20)21-14-7-13-19-12-6-9-15(19)2/h15-17H,3-14H2,1-2H3. The van der Waals surface area contributed by atoms with Gasteiger partial charge in [0.15, 0.2) is 0 Å². The van der Waals surface area contributed by atoms with Crippen LogP contribution in [0.25, 0.3) is 0 Å². The van der Waals surface area contributed by atoms with Crippen molar-refractivity contribution in [3.8, 4) is 0 Å². The van der Waals surface area contributed by atoms with Gasteiger partial charge in [0.05, 0.1) is 12.5 Å². The molecular formula is C18H33NO2. The predicted octanol–water partition coefficient (Wildman–Crippen LogP) is 4.01. The van der Waals surface area contributed by atoms with E-state index in [9.17, 15) is 4.79 Å². The molecule has 1 saturated heterocycles. The van der Waals surface area contributed by atoms with E-state index in [1.807, 2.05) is 0 Å². The molecule has 1 aliphatic heterocycles. The molecule has 2 unspecified atom stereocenters. The van der Waals surface area contributed by atoms with Crippen LogP contribution in [0.1, 0.15) is 71.6 Å². The number of carbonyl (C=O) groups is 1. The molecule has 0 aromatic carbocycles. The van der Waals surface area contributed by atoms with Crippen LogP contribution in [0.4, 0.5) is 0 Å². The maximum absolute atomic E-state index is 12.3. The van der Waals surface area contributed by atoms with E-state index in [-0.39, 0.29) is 11.9 Å². The molecule has 2 fully saturated rings. The Morgan fingerprint density at radius 1 is 1.24 bits per heavy atom. The van der Waals surface area contributed by atoms with Crippen LogP contribution in [0.15, 0.2) is 0 Å². The van der Waals surface area contributed by atoms with Crippen LogP contribution in [-0.4, -0.2) is 36.6 Å². The van der Waals surface area contributed by atoms with Crippen LogP contribution >= 0.6 is 0 Å². The van der Waals surface area contributed by atoms with Gasteiger partial charge in [0.2, 0.25) is 0 Å². The molecule has 21 heavy (non-hydrogen) atoms. The second-order valence-electron chi connectivity index (χ2n) is 6.99. The molecule has 0 N–H and O–H groups in total. The van der Waals surface area contributed by atoms with E-state index in [0.717, 1.165) is 25.8 Å². The second kappa shape index (κ2) is 8.77. The van der Waals surface area contributed by atoms with Gasteiger partial charge in [0, 0.05) is 12.6 Å². The molecule has 2 rings (SSSR count). The van der Waals surface area contributed by atoms with Gasteiger partial charge in [-0.2, -0.15) is 0 Å². The van der Waals surface area contributed by atoms with Crippen LogP contribution in [0.2, 0.25) is 0 Å². The third-order valence-corrected chi connectivity index (χ3v) is 5.40. The largest absolute Gasteiger partial charge is 0.465 e. The SMILES string of the molecule is CCCC(C(=O)OCCCN1CCCC1C)C1CCCC1. The van der Waals surface area contributed by atoms with Gasteiger partial charge in [0.1, 0.15) is 0 Å². The highest BCUT2D eigenvalue weighted by Gasteiger charge is 2.31. The number of ether oxygens (including phenoxy) is 1.